The molecule has 62 valence electrons. The number of rotatable bonds is 2. The average Bonchev–Trinajstić information content (AvgIpc) is 2.07. The first-order valence-electron chi connectivity index (χ1n) is 3.74. The maximum absolute atomic E-state index is 11.0. The fourth-order valence-electron chi connectivity index (χ4n) is 1.03. The summed E-state index contributed by atoms with van der Waals surface area (Å²) in [6, 6.07) is 9.38. The van der Waals surface area contributed by atoms with Crippen molar-refractivity contribution in [1.82, 2.24) is 0 Å². The lowest BCUT2D eigenvalue weighted by atomic mass is 10.0. The van der Waals surface area contributed by atoms with Gasteiger partial charge in [-0.05, 0) is 12.5 Å². The van der Waals surface area contributed by atoms with Gasteiger partial charge in [0.05, 0.1) is 0 Å². The maximum Gasteiger partial charge on any atom is 0.161 e. The SMILES string of the molecule is CC(=O)C(=CN)c1ccccc1. The van der Waals surface area contributed by atoms with Crippen LogP contribution in [0.2, 0.25) is 0 Å². The molecular weight excluding hydrogens is 150 g/mol. The molecule has 2 nitrogen and oxygen atoms in total. The molecule has 0 heterocycles. The Kier molecular flexibility index (Phi) is 2.64. The van der Waals surface area contributed by atoms with Crippen LogP contribution in [0, 0.1) is 0 Å². The first-order chi connectivity index (χ1) is 5.75. The third-order valence-corrected chi connectivity index (χ3v) is 1.63. The van der Waals surface area contributed by atoms with E-state index in [1.54, 1.807) is 0 Å². The lowest BCUT2D eigenvalue weighted by molar-refractivity contribution is -0.111. The summed E-state index contributed by atoms with van der Waals surface area (Å²) in [5.74, 6) is -0.0105. The molecule has 0 bridgehead atoms. The zero-order valence-electron chi connectivity index (χ0n) is 6.95. The van der Waals surface area contributed by atoms with E-state index in [2.05, 4.69) is 0 Å². The first kappa shape index (κ1) is 8.53. The normalized spacial score (nSPS) is 11.2. The second-order valence-electron chi connectivity index (χ2n) is 2.50. The standard InChI is InChI=1S/C10H11NO/c1-8(12)10(7-11)9-5-3-2-4-6-9/h2-7H,11H2,1H3. The summed E-state index contributed by atoms with van der Waals surface area (Å²) in [5.41, 5.74) is 6.76. The van der Waals surface area contributed by atoms with Gasteiger partial charge in [-0.2, -0.15) is 0 Å². The molecule has 1 aromatic carbocycles. The van der Waals surface area contributed by atoms with Gasteiger partial charge < -0.3 is 5.73 Å². The first-order valence-corrected chi connectivity index (χ1v) is 3.74. The molecule has 0 unspecified atom stereocenters. The third-order valence-electron chi connectivity index (χ3n) is 1.63. The summed E-state index contributed by atoms with van der Waals surface area (Å²) in [6.07, 6.45) is 1.34. The molecule has 0 atom stereocenters. The second kappa shape index (κ2) is 3.72. The van der Waals surface area contributed by atoms with E-state index in [4.69, 9.17) is 5.73 Å². The van der Waals surface area contributed by atoms with Crippen LogP contribution < -0.4 is 5.73 Å². The van der Waals surface area contributed by atoms with Gasteiger partial charge in [0.25, 0.3) is 0 Å². The molecule has 0 fully saturated rings. The van der Waals surface area contributed by atoms with Gasteiger partial charge in [-0.1, -0.05) is 30.3 Å². The van der Waals surface area contributed by atoms with Crippen LogP contribution in [0.15, 0.2) is 36.5 Å². The van der Waals surface area contributed by atoms with E-state index in [0.717, 1.165) is 5.56 Å². The fourth-order valence-corrected chi connectivity index (χ4v) is 1.03. The minimum atomic E-state index is -0.0105. The van der Waals surface area contributed by atoms with Crippen molar-refractivity contribution in [1.29, 1.82) is 0 Å². The zero-order valence-corrected chi connectivity index (χ0v) is 6.95. The van der Waals surface area contributed by atoms with Gasteiger partial charge in [-0.3, -0.25) is 4.79 Å². The summed E-state index contributed by atoms with van der Waals surface area (Å²) in [4.78, 5) is 11.0. The highest BCUT2D eigenvalue weighted by atomic mass is 16.1. The highest BCUT2D eigenvalue weighted by Crippen LogP contribution is 2.12. The molecular formula is C10H11NO. The maximum atomic E-state index is 11.0. The van der Waals surface area contributed by atoms with Crippen molar-refractivity contribution in [3.05, 3.63) is 42.1 Å². The largest absolute Gasteiger partial charge is 0.404 e. The number of hydrogen-bond donors (Lipinski definition) is 1. The number of allylic oxidation sites excluding steroid dienone is 1. The van der Waals surface area contributed by atoms with Crippen molar-refractivity contribution in [3.63, 3.8) is 0 Å². The van der Waals surface area contributed by atoms with E-state index >= 15 is 0 Å². The summed E-state index contributed by atoms with van der Waals surface area (Å²) in [5, 5.41) is 0. The number of carbonyl (C=O) groups excluding carboxylic acids is 1. The molecule has 0 aliphatic rings. The number of Topliss-reactive ketones (excluding diaryl/α,β-unsaturated/α-hetero) is 1. The number of ketones is 1. The number of carbonyl (C=O) groups is 1. The predicted molar refractivity (Wildman–Crippen MR) is 49.3 cm³/mol. The van der Waals surface area contributed by atoms with E-state index in [1.807, 2.05) is 30.3 Å². The molecule has 0 aromatic heterocycles. The molecule has 12 heavy (non-hydrogen) atoms. The van der Waals surface area contributed by atoms with Crippen LogP contribution in [-0.4, -0.2) is 5.78 Å². The van der Waals surface area contributed by atoms with Crippen LogP contribution in [0.5, 0.6) is 0 Å². The predicted octanol–water partition coefficient (Wildman–Crippen LogP) is 1.58. The van der Waals surface area contributed by atoms with Crippen molar-refractivity contribution < 1.29 is 4.79 Å². The number of benzene rings is 1. The van der Waals surface area contributed by atoms with Gasteiger partial charge in [0, 0.05) is 11.8 Å². The Labute approximate surface area is 71.7 Å². The van der Waals surface area contributed by atoms with Gasteiger partial charge in [0.15, 0.2) is 5.78 Å². The van der Waals surface area contributed by atoms with Gasteiger partial charge in [0.2, 0.25) is 0 Å². The highest BCUT2D eigenvalue weighted by molar-refractivity contribution is 6.19. The minimum Gasteiger partial charge on any atom is -0.404 e. The van der Waals surface area contributed by atoms with Crippen molar-refractivity contribution in [2.24, 2.45) is 5.73 Å². The monoisotopic (exact) mass is 161 g/mol. The molecule has 0 saturated heterocycles. The Morgan fingerprint density at radius 2 is 1.92 bits per heavy atom. The Morgan fingerprint density at radius 1 is 1.33 bits per heavy atom. The Hall–Kier alpha value is -1.57. The van der Waals surface area contributed by atoms with Crippen LogP contribution in [-0.2, 0) is 4.79 Å². The van der Waals surface area contributed by atoms with Gasteiger partial charge in [-0.15, -0.1) is 0 Å². The van der Waals surface area contributed by atoms with Gasteiger partial charge in [0.1, 0.15) is 0 Å². The van der Waals surface area contributed by atoms with Crippen LogP contribution in [0.1, 0.15) is 12.5 Å². The van der Waals surface area contributed by atoms with E-state index in [0.29, 0.717) is 5.57 Å². The summed E-state index contributed by atoms with van der Waals surface area (Å²) >= 11 is 0. The molecule has 2 N–H and O–H groups in total. The Morgan fingerprint density at radius 3 is 2.33 bits per heavy atom. The van der Waals surface area contributed by atoms with Crippen LogP contribution in [0.4, 0.5) is 0 Å². The van der Waals surface area contributed by atoms with E-state index in [1.165, 1.54) is 13.1 Å². The second-order valence-corrected chi connectivity index (χ2v) is 2.50. The van der Waals surface area contributed by atoms with E-state index < -0.39 is 0 Å². The van der Waals surface area contributed by atoms with Crippen molar-refractivity contribution in [3.8, 4) is 0 Å². The lowest BCUT2D eigenvalue weighted by Crippen LogP contribution is -1.98. The molecule has 0 radical (unpaired) electrons. The number of hydrogen-bond acceptors (Lipinski definition) is 2. The smallest absolute Gasteiger partial charge is 0.161 e. The highest BCUT2D eigenvalue weighted by Gasteiger charge is 2.04. The van der Waals surface area contributed by atoms with Crippen molar-refractivity contribution >= 4 is 11.4 Å². The summed E-state index contributed by atoms with van der Waals surface area (Å²) < 4.78 is 0. The molecule has 2 heteroatoms. The molecule has 1 aromatic rings. The van der Waals surface area contributed by atoms with E-state index in [-0.39, 0.29) is 5.78 Å². The lowest BCUT2D eigenvalue weighted by Gasteiger charge is -2.00. The minimum absolute atomic E-state index is 0.0105. The van der Waals surface area contributed by atoms with E-state index in [9.17, 15) is 4.79 Å². The molecule has 0 spiro atoms. The molecule has 1 rings (SSSR count). The molecule has 0 aliphatic carbocycles. The molecule has 0 aliphatic heterocycles. The Bertz CT molecular complexity index is 301. The van der Waals surface area contributed by atoms with Crippen molar-refractivity contribution in [2.45, 2.75) is 6.92 Å². The van der Waals surface area contributed by atoms with Gasteiger partial charge >= 0.3 is 0 Å². The fraction of sp³-hybridized carbons (Fsp3) is 0.100. The molecule has 0 amide bonds. The average molecular weight is 161 g/mol. The van der Waals surface area contributed by atoms with Crippen molar-refractivity contribution in [2.75, 3.05) is 0 Å². The molecule has 0 saturated carbocycles. The number of nitrogens with two attached hydrogens (primary N) is 1. The summed E-state index contributed by atoms with van der Waals surface area (Å²) in [7, 11) is 0. The quantitative estimate of drug-likeness (QED) is 0.669. The Balaban J connectivity index is 3.05. The van der Waals surface area contributed by atoms with Crippen LogP contribution in [0.25, 0.3) is 5.57 Å². The zero-order chi connectivity index (χ0) is 8.97. The third kappa shape index (κ3) is 1.72. The van der Waals surface area contributed by atoms with Crippen LogP contribution in [0.3, 0.4) is 0 Å². The summed E-state index contributed by atoms with van der Waals surface area (Å²) in [6.45, 7) is 1.51. The van der Waals surface area contributed by atoms with Crippen LogP contribution >= 0.6 is 0 Å². The topological polar surface area (TPSA) is 43.1 Å². The van der Waals surface area contributed by atoms with Gasteiger partial charge in [-0.25, -0.2) is 0 Å².